The molecule has 1 aliphatic rings. The van der Waals surface area contributed by atoms with Crippen LogP contribution in [0.5, 0.6) is 17.2 Å². The minimum Gasteiger partial charge on any atom is -0.497 e. The molecule has 0 fully saturated rings. The SMILES string of the molecule is COc1ccc2c(c1)OC(C)(C)C[C@H]2NC(=O)[C@@H](C)Oc1cc(C)cc(C)c1C. The summed E-state index contributed by atoms with van der Waals surface area (Å²) in [7, 11) is 1.63. The first-order valence-electron chi connectivity index (χ1n) is 10.0. The van der Waals surface area contributed by atoms with Gasteiger partial charge in [-0.2, -0.15) is 0 Å². The number of fused-ring (bicyclic) bond motifs is 1. The Hall–Kier alpha value is -2.69. The van der Waals surface area contributed by atoms with Crippen LogP contribution in [0.25, 0.3) is 0 Å². The molecule has 3 rings (SSSR count). The Morgan fingerprint density at radius 3 is 2.62 bits per heavy atom. The molecule has 2 aromatic carbocycles. The van der Waals surface area contributed by atoms with Crippen molar-refractivity contribution in [2.75, 3.05) is 7.11 Å². The topological polar surface area (TPSA) is 56.8 Å². The Morgan fingerprint density at radius 1 is 1.21 bits per heavy atom. The average molecular weight is 398 g/mol. The van der Waals surface area contributed by atoms with Crippen molar-refractivity contribution >= 4 is 5.91 Å². The highest BCUT2D eigenvalue weighted by molar-refractivity contribution is 5.81. The minimum absolute atomic E-state index is 0.145. The van der Waals surface area contributed by atoms with Crippen LogP contribution in [-0.2, 0) is 4.79 Å². The van der Waals surface area contributed by atoms with Crippen molar-refractivity contribution in [1.82, 2.24) is 5.32 Å². The van der Waals surface area contributed by atoms with Gasteiger partial charge in [0.05, 0.1) is 13.2 Å². The molecule has 2 aromatic rings. The summed E-state index contributed by atoms with van der Waals surface area (Å²) in [5, 5.41) is 3.15. The number of nitrogens with one attached hydrogen (secondary N) is 1. The lowest BCUT2D eigenvalue weighted by Gasteiger charge is -2.38. The highest BCUT2D eigenvalue weighted by Gasteiger charge is 2.35. The van der Waals surface area contributed by atoms with Gasteiger partial charge in [-0.25, -0.2) is 0 Å². The van der Waals surface area contributed by atoms with Gasteiger partial charge in [0.2, 0.25) is 0 Å². The van der Waals surface area contributed by atoms with Crippen molar-refractivity contribution in [3.05, 3.63) is 52.6 Å². The summed E-state index contributed by atoms with van der Waals surface area (Å²) in [6, 6.07) is 9.65. The molecule has 0 saturated carbocycles. The third kappa shape index (κ3) is 4.66. The van der Waals surface area contributed by atoms with Crippen LogP contribution in [-0.4, -0.2) is 24.7 Å². The van der Waals surface area contributed by atoms with Gasteiger partial charge in [-0.15, -0.1) is 0 Å². The molecule has 0 aromatic heterocycles. The first-order chi connectivity index (χ1) is 13.6. The number of hydrogen-bond acceptors (Lipinski definition) is 4. The molecular formula is C24H31NO4. The summed E-state index contributed by atoms with van der Waals surface area (Å²) in [4.78, 5) is 12.9. The molecule has 0 spiro atoms. The van der Waals surface area contributed by atoms with Gasteiger partial charge in [0.15, 0.2) is 6.10 Å². The standard InChI is InChI=1S/C24H31NO4/c1-14-10-15(2)16(3)21(11-14)28-17(4)23(26)25-20-13-24(5,6)29-22-12-18(27-7)8-9-19(20)22/h8-12,17,20H,13H2,1-7H3,(H,25,26)/t17-,20-/m1/s1. The van der Waals surface area contributed by atoms with Crippen LogP contribution in [0.2, 0.25) is 0 Å². The Balaban J connectivity index is 1.78. The van der Waals surface area contributed by atoms with Gasteiger partial charge in [0, 0.05) is 18.1 Å². The van der Waals surface area contributed by atoms with Crippen LogP contribution in [0.4, 0.5) is 0 Å². The second kappa shape index (κ2) is 7.97. The molecule has 0 saturated heterocycles. The summed E-state index contributed by atoms with van der Waals surface area (Å²) in [6.45, 7) is 11.9. The molecule has 0 unspecified atom stereocenters. The van der Waals surface area contributed by atoms with E-state index in [-0.39, 0.29) is 11.9 Å². The van der Waals surface area contributed by atoms with E-state index in [0.717, 1.165) is 39.5 Å². The van der Waals surface area contributed by atoms with E-state index in [1.54, 1.807) is 14.0 Å². The fraction of sp³-hybridized carbons (Fsp3) is 0.458. The largest absolute Gasteiger partial charge is 0.497 e. The summed E-state index contributed by atoms with van der Waals surface area (Å²) in [6.07, 6.45) is 0.0652. The van der Waals surface area contributed by atoms with Gasteiger partial charge >= 0.3 is 0 Å². The third-order valence-electron chi connectivity index (χ3n) is 5.43. The fourth-order valence-electron chi connectivity index (χ4n) is 3.74. The Labute approximate surface area is 173 Å². The number of aryl methyl sites for hydroxylation is 2. The monoisotopic (exact) mass is 397 g/mol. The molecule has 2 atom stereocenters. The highest BCUT2D eigenvalue weighted by Crippen LogP contribution is 2.41. The predicted octanol–water partition coefficient (Wildman–Crippen LogP) is 4.81. The van der Waals surface area contributed by atoms with Crippen molar-refractivity contribution < 1.29 is 19.0 Å². The molecule has 1 aliphatic heterocycles. The first kappa shape index (κ1) is 21.0. The lowest BCUT2D eigenvalue weighted by Crippen LogP contribution is -2.44. The summed E-state index contributed by atoms with van der Waals surface area (Å²) in [5.41, 5.74) is 3.88. The maximum Gasteiger partial charge on any atom is 0.261 e. The molecule has 0 radical (unpaired) electrons. The molecule has 0 bridgehead atoms. The number of amides is 1. The highest BCUT2D eigenvalue weighted by atomic mass is 16.5. The van der Waals surface area contributed by atoms with Crippen LogP contribution < -0.4 is 19.5 Å². The smallest absolute Gasteiger partial charge is 0.261 e. The van der Waals surface area contributed by atoms with Crippen LogP contribution in [0, 0.1) is 20.8 Å². The van der Waals surface area contributed by atoms with E-state index < -0.39 is 11.7 Å². The molecule has 29 heavy (non-hydrogen) atoms. The number of ether oxygens (including phenoxy) is 3. The quantitative estimate of drug-likeness (QED) is 0.787. The molecule has 5 heteroatoms. The molecule has 1 N–H and O–H groups in total. The summed E-state index contributed by atoms with van der Waals surface area (Å²) in [5.74, 6) is 2.08. The van der Waals surface area contributed by atoms with E-state index in [2.05, 4.69) is 18.3 Å². The van der Waals surface area contributed by atoms with Crippen molar-refractivity contribution in [2.24, 2.45) is 0 Å². The van der Waals surface area contributed by atoms with Gasteiger partial charge < -0.3 is 19.5 Å². The summed E-state index contributed by atoms with van der Waals surface area (Å²) >= 11 is 0. The zero-order chi connectivity index (χ0) is 21.3. The van der Waals surface area contributed by atoms with E-state index in [0.29, 0.717) is 6.42 Å². The van der Waals surface area contributed by atoms with Crippen LogP contribution in [0.1, 0.15) is 55.5 Å². The Kier molecular flexibility index (Phi) is 5.78. The van der Waals surface area contributed by atoms with E-state index in [1.165, 1.54) is 0 Å². The van der Waals surface area contributed by atoms with Gasteiger partial charge in [0.25, 0.3) is 5.91 Å². The third-order valence-corrected chi connectivity index (χ3v) is 5.43. The number of carbonyl (C=O) groups is 1. The van der Waals surface area contributed by atoms with E-state index in [4.69, 9.17) is 14.2 Å². The van der Waals surface area contributed by atoms with Crippen molar-refractivity contribution in [3.8, 4) is 17.2 Å². The molecule has 156 valence electrons. The molecular weight excluding hydrogens is 366 g/mol. The van der Waals surface area contributed by atoms with Gasteiger partial charge in [0.1, 0.15) is 22.8 Å². The van der Waals surface area contributed by atoms with E-state index in [9.17, 15) is 4.79 Å². The lowest BCUT2D eigenvalue weighted by atomic mass is 9.89. The molecule has 1 heterocycles. The number of rotatable bonds is 5. The number of benzene rings is 2. The Morgan fingerprint density at radius 2 is 1.93 bits per heavy atom. The summed E-state index contributed by atoms with van der Waals surface area (Å²) < 4.78 is 17.4. The van der Waals surface area contributed by atoms with Gasteiger partial charge in [-0.1, -0.05) is 6.07 Å². The predicted molar refractivity (Wildman–Crippen MR) is 114 cm³/mol. The molecule has 5 nitrogen and oxygen atoms in total. The van der Waals surface area contributed by atoms with Gasteiger partial charge in [-0.3, -0.25) is 4.79 Å². The Bertz CT molecular complexity index is 919. The van der Waals surface area contributed by atoms with Crippen molar-refractivity contribution in [1.29, 1.82) is 0 Å². The number of hydrogen-bond donors (Lipinski definition) is 1. The maximum atomic E-state index is 12.9. The van der Waals surface area contributed by atoms with Gasteiger partial charge in [-0.05, 0) is 76.4 Å². The maximum absolute atomic E-state index is 12.9. The van der Waals surface area contributed by atoms with E-state index in [1.807, 2.05) is 52.0 Å². The van der Waals surface area contributed by atoms with Crippen LogP contribution >= 0.6 is 0 Å². The van der Waals surface area contributed by atoms with Crippen LogP contribution in [0.15, 0.2) is 30.3 Å². The van der Waals surface area contributed by atoms with Crippen molar-refractivity contribution in [2.45, 2.75) is 65.7 Å². The normalized spacial score (nSPS) is 18.2. The molecule has 1 amide bonds. The number of methoxy groups -OCH3 is 1. The second-order valence-electron chi connectivity index (χ2n) is 8.50. The molecule has 0 aliphatic carbocycles. The minimum atomic E-state index is -0.609. The fourth-order valence-corrected chi connectivity index (χ4v) is 3.74. The first-order valence-corrected chi connectivity index (χ1v) is 10.0. The number of carbonyl (C=O) groups excluding carboxylic acids is 1. The zero-order valence-electron chi connectivity index (χ0n) is 18.4. The second-order valence-corrected chi connectivity index (χ2v) is 8.50. The van der Waals surface area contributed by atoms with Crippen molar-refractivity contribution in [3.63, 3.8) is 0 Å². The van der Waals surface area contributed by atoms with Crippen LogP contribution in [0.3, 0.4) is 0 Å². The lowest BCUT2D eigenvalue weighted by molar-refractivity contribution is -0.128. The zero-order valence-corrected chi connectivity index (χ0v) is 18.4. The average Bonchev–Trinajstić information content (AvgIpc) is 2.64. The van der Waals surface area contributed by atoms with E-state index >= 15 is 0 Å².